The third-order valence-electron chi connectivity index (χ3n) is 5.44. The van der Waals surface area contributed by atoms with Crippen molar-refractivity contribution in [3.8, 4) is 0 Å². The Morgan fingerprint density at radius 2 is 2.08 bits per heavy atom. The molecular formula is C19H25N3OS2. The van der Waals surface area contributed by atoms with Crippen molar-refractivity contribution in [2.45, 2.75) is 69.9 Å². The van der Waals surface area contributed by atoms with Crippen LogP contribution in [0.25, 0.3) is 10.2 Å². The highest BCUT2D eigenvalue weighted by molar-refractivity contribution is 8.00. The predicted molar refractivity (Wildman–Crippen MR) is 104 cm³/mol. The van der Waals surface area contributed by atoms with Crippen LogP contribution < -0.4 is 5.32 Å². The van der Waals surface area contributed by atoms with E-state index in [2.05, 4.69) is 22.2 Å². The van der Waals surface area contributed by atoms with Crippen molar-refractivity contribution >= 4 is 39.2 Å². The van der Waals surface area contributed by atoms with E-state index in [0.29, 0.717) is 17.7 Å². The number of fused-ring (bicyclic) bond motifs is 3. The number of carbonyl (C=O) groups is 1. The highest BCUT2D eigenvalue weighted by atomic mass is 32.2. The molecule has 1 saturated carbocycles. The van der Waals surface area contributed by atoms with Gasteiger partial charge in [-0.1, -0.05) is 31.5 Å². The lowest BCUT2D eigenvalue weighted by atomic mass is 9.86. The van der Waals surface area contributed by atoms with E-state index in [4.69, 9.17) is 0 Å². The number of thioether (sulfide) groups is 1. The normalized spacial score (nSPS) is 23.0. The monoisotopic (exact) mass is 375 g/mol. The van der Waals surface area contributed by atoms with Gasteiger partial charge >= 0.3 is 0 Å². The second kappa shape index (κ2) is 7.23. The van der Waals surface area contributed by atoms with Gasteiger partial charge in [0.25, 0.3) is 0 Å². The summed E-state index contributed by atoms with van der Waals surface area (Å²) in [5.74, 6) is 1.98. The fraction of sp³-hybridized carbons (Fsp3) is 0.632. The molecule has 0 aliphatic heterocycles. The first-order chi connectivity index (χ1) is 12.1. The molecule has 0 aromatic carbocycles. The van der Waals surface area contributed by atoms with Gasteiger partial charge in [0.15, 0.2) is 0 Å². The van der Waals surface area contributed by atoms with Crippen LogP contribution in [-0.4, -0.2) is 27.7 Å². The molecule has 2 atom stereocenters. The predicted octanol–water partition coefficient (Wildman–Crippen LogP) is 4.28. The summed E-state index contributed by atoms with van der Waals surface area (Å²) in [5, 5.41) is 5.46. The van der Waals surface area contributed by atoms with Crippen molar-refractivity contribution in [2.24, 2.45) is 5.92 Å². The largest absolute Gasteiger partial charge is 0.352 e. The van der Waals surface area contributed by atoms with Crippen LogP contribution in [0.2, 0.25) is 0 Å². The van der Waals surface area contributed by atoms with Gasteiger partial charge in [0.1, 0.15) is 15.7 Å². The van der Waals surface area contributed by atoms with Crippen LogP contribution in [0.3, 0.4) is 0 Å². The van der Waals surface area contributed by atoms with E-state index in [0.717, 1.165) is 28.5 Å². The van der Waals surface area contributed by atoms with E-state index < -0.39 is 0 Å². The lowest BCUT2D eigenvalue weighted by Crippen LogP contribution is -2.41. The topological polar surface area (TPSA) is 54.9 Å². The second-order valence-electron chi connectivity index (χ2n) is 7.34. The fourth-order valence-electron chi connectivity index (χ4n) is 4.08. The Balaban J connectivity index is 1.48. The van der Waals surface area contributed by atoms with Gasteiger partial charge < -0.3 is 5.32 Å². The molecular weight excluding hydrogens is 350 g/mol. The number of carbonyl (C=O) groups excluding carboxylic acids is 1. The molecule has 2 heterocycles. The van der Waals surface area contributed by atoms with Gasteiger partial charge in [0.2, 0.25) is 5.91 Å². The van der Waals surface area contributed by atoms with Crippen molar-refractivity contribution < 1.29 is 4.79 Å². The minimum Gasteiger partial charge on any atom is -0.352 e. The summed E-state index contributed by atoms with van der Waals surface area (Å²) in [6, 6.07) is 0.347. The maximum absolute atomic E-state index is 12.5. The van der Waals surface area contributed by atoms with E-state index in [-0.39, 0.29) is 5.91 Å². The number of hydrogen-bond acceptors (Lipinski definition) is 5. The standard InChI is InChI=1S/C19H25N3OS2/c1-11-6-3-4-8-14(11)22-16(23)10-24-18-17-13-7-5-9-15(13)25-19(17)21-12(2)20-18/h11,14H,3-10H2,1-2H3,(H,22,23)/t11-,14-/m1/s1. The number of thiophene rings is 1. The first-order valence-corrected chi connectivity index (χ1v) is 11.1. The maximum Gasteiger partial charge on any atom is 0.230 e. The summed E-state index contributed by atoms with van der Waals surface area (Å²) in [7, 11) is 0. The highest BCUT2D eigenvalue weighted by Gasteiger charge is 2.24. The number of nitrogens with zero attached hydrogens (tertiary/aromatic N) is 2. The number of aromatic nitrogens is 2. The quantitative estimate of drug-likeness (QED) is 0.640. The summed E-state index contributed by atoms with van der Waals surface area (Å²) in [6.07, 6.45) is 8.39. The Hall–Kier alpha value is -1.14. The average Bonchev–Trinajstić information content (AvgIpc) is 3.15. The lowest BCUT2D eigenvalue weighted by molar-refractivity contribution is -0.119. The minimum atomic E-state index is 0.139. The van der Waals surface area contributed by atoms with Crippen molar-refractivity contribution in [2.75, 3.05) is 5.75 Å². The molecule has 25 heavy (non-hydrogen) atoms. The second-order valence-corrected chi connectivity index (χ2v) is 9.39. The van der Waals surface area contributed by atoms with E-state index >= 15 is 0 Å². The zero-order chi connectivity index (χ0) is 17.4. The lowest BCUT2D eigenvalue weighted by Gasteiger charge is -2.29. The minimum absolute atomic E-state index is 0.139. The fourth-order valence-corrected chi connectivity index (χ4v) is 6.36. The van der Waals surface area contributed by atoms with E-state index in [9.17, 15) is 4.79 Å². The molecule has 6 heteroatoms. The van der Waals surface area contributed by atoms with Gasteiger partial charge in [-0.05, 0) is 50.5 Å². The van der Waals surface area contributed by atoms with Crippen molar-refractivity contribution in [1.82, 2.24) is 15.3 Å². The molecule has 1 amide bonds. The molecule has 2 aromatic heterocycles. The van der Waals surface area contributed by atoms with Gasteiger partial charge in [-0.25, -0.2) is 9.97 Å². The van der Waals surface area contributed by atoms with Crippen LogP contribution in [0.1, 0.15) is 55.3 Å². The Labute approximate surface area is 157 Å². The summed E-state index contributed by atoms with van der Waals surface area (Å²) in [6.45, 7) is 4.20. The molecule has 1 fully saturated rings. The molecule has 2 aliphatic rings. The average molecular weight is 376 g/mol. The molecule has 4 nitrogen and oxygen atoms in total. The molecule has 4 rings (SSSR count). The Morgan fingerprint density at radius 1 is 1.24 bits per heavy atom. The molecule has 2 aromatic rings. The maximum atomic E-state index is 12.5. The number of aryl methyl sites for hydroxylation is 3. The first kappa shape index (κ1) is 17.3. The van der Waals surface area contributed by atoms with Gasteiger partial charge in [0.05, 0.1) is 5.75 Å². The Bertz CT molecular complexity index is 802. The van der Waals surface area contributed by atoms with Crippen LogP contribution in [0.15, 0.2) is 5.03 Å². The Kier molecular flexibility index (Phi) is 5.00. The Morgan fingerprint density at radius 3 is 2.92 bits per heavy atom. The van der Waals surface area contributed by atoms with Crippen LogP contribution >= 0.6 is 23.1 Å². The van der Waals surface area contributed by atoms with E-state index in [1.165, 1.54) is 47.9 Å². The summed E-state index contributed by atoms with van der Waals surface area (Å²) in [5.41, 5.74) is 1.43. The van der Waals surface area contributed by atoms with Crippen LogP contribution in [-0.2, 0) is 17.6 Å². The molecule has 0 bridgehead atoms. The van der Waals surface area contributed by atoms with Crippen molar-refractivity contribution in [1.29, 1.82) is 0 Å². The summed E-state index contributed by atoms with van der Waals surface area (Å²) < 4.78 is 0. The van der Waals surface area contributed by atoms with E-state index in [1.54, 1.807) is 11.8 Å². The van der Waals surface area contributed by atoms with Gasteiger partial charge in [-0.2, -0.15) is 0 Å². The van der Waals surface area contributed by atoms with Crippen LogP contribution in [0.5, 0.6) is 0 Å². The van der Waals surface area contributed by atoms with Gasteiger partial charge in [-0.15, -0.1) is 11.3 Å². The van der Waals surface area contributed by atoms with Crippen LogP contribution in [0, 0.1) is 12.8 Å². The summed E-state index contributed by atoms with van der Waals surface area (Å²) >= 11 is 3.39. The molecule has 2 aliphatic carbocycles. The number of nitrogens with one attached hydrogen (secondary N) is 1. The zero-order valence-corrected chi connectivity index (χ0v) is 16.6. The van der Waals surface area contributed by atoms with Crippen molar-refractivity contribution in [3.05, 3.63) is 16.3 Å². The molecule has 0 saturated heterocycles. The van der Waals surface area contributed by atoms with Gasteiger partial charge in [0, 0.05) is 16.3 Å². The molecule has 1 N–H and O–H groups in total. The first-order valence-electron chi connectivity index (χ1n) is 9.33. The summed E-state index contributed by atoms with van der Waals surface area (Å²) in [4.78, 5) is 24.3. The highest BCUT2D eigenvalue weighted by Crippen LogP contribution is 2.40. The number of hydrogen-bond donors (Lipinski definition) is 1. The third kappa shape index (κ3) is 3.56. The smallest absolute Gasteiger partial charge is 0.230 e. The van der Waals surface area contributed by atoms with Crippen LogP contribution in [0.4, 0.5) is 0 Å². The number of amides is 1. The molecule has 0 spiro atoms. The number of rotatable bonds is 4. The van der Waals surface area contributed by atoms with Crippen molar-refractivity contribution in [3.63, 3.8) is 0 Å². The van der Waals surface area contributed by atoms with Gasteiger partial charge in [-0.3, -0.25) is 4.79 Å². The zero-order valence-electron chi connectivity index (χ0n) is 14.9. The third-order valence-corrected chi connectivity index (χ3v) is 7.60. The SMILES string of the molecule is Cc1nc(SCC(=O)N[C@@H]2CCCC[C@H]2C)c2c3c(sc2n1)CCC3. The molecule has 134 valence electrons. The molecule has 0 radical (unpaired) electrons. The molecule has 0 unspecified atom stereocenters. The van der Waals surface area contributed by atoms with E-state index in [1.807, 2.05) is 18.3 Å².